The van der Waals surface area contributed by atoms with E-state index in [9.17, 15) is 48.5 Å². The van der Waals surface area contributed by atoms with Gasteiger partial charge in [-0.25, -0.2) is 14.6 Å². The van der Waals surface area contributed by atoms with Gasteiger partial charge in [0.2, 0.25) is 0 Å². The molecule has 0 fully saturated rings. The third-order valence-corrected chi connectivity index (χ3v) is 13.5. The van der Waals surface area contributed by atoms with E-state index in [1.807, 2.05) is 27.7 Å². The number of fused-ring (bicyclic) bond motifs is 2. The molecule has 0 radical (unpaired) electrons. The van der Waals surface area contributed by atoms with Gasteiger partial charge in [-0.15, -0.1) is 0 Å². The molecule has 0 saturated carbocycles. The van der Waals surface area contributed by atoms with Crippen LogP contribution in [0.1, 0.15) is 61.1 Å². The minimum Gasteiger partial charge on any atom is -0.456 e. The maximum absolute atomic E-state index is 13.3. The summed E-state index contributed by atoms with van der Waals surface area (Å²) in [4.78, 5) is 28.1. The smallest absolute Gasteiger partial charge is 0.411 e. The summed E-state index contributed by atoms with van der Waals surface area (Å²) in [6, 6.07) is 12.9. The first-order chi connectivity index (χ1) is 31.6. The van der Waals surface area contributed by atoms with Crippen LogP contribution in [0.4, 0.5) is 38.0 Å². The number of hydrogen-bond acceptors (Lipinski definition) is 13. The van der Waals surface area contributed by atoms with E-state index in [-0.39, 0.29) is 75.2 Å². The van der Waals surface area contributed by atoms with Crippen molar-refractivity contribution in [3.05, 3.63) is 99.4 Å². The third kappa shape index (κ3) is 11.0. The summed E-state index contributed by atoms with van der Waals surface area (Å²) in [7, 11) is -15.4. The minimum atomic E-state index is -5.19. The van der Waals surface area contributed by atoms with Crippen molar-refractivity contribution in [3.8, 4) is 22.5 Å². The molecule has 2 amide bonds. The van der Waals surface area contributed by atoms with E-state index in [1.54, 1.807) is 53.7 Å². The molecule has 18 nitrogen and oxygen atoms in total. The lowest BCUT2D eigenvalue weighted by atomic mass is 9.93. The van der Waals surface area contributed by atoms with Crippen LogP contribution in [0.2, 0.25) is 0 Å². The molecule has 1 aliphatic carbocycles. The summed E-state index contributed by atoms with van der Waals surface area (Å²) in [5.41, 5.74) is 3.50. The van der Waals surface area contributed by atoms with Crippen LogP contribution in [0.15, 0.2) is 84.8 Å². The van der Waals surface area contributed by atoms with Crippen LogP contribution >= 0.6 is 0 Å². The van der Waals surface area contributed by atoms with Gasteiger partial charge in [-0.2, -0.15) is 25.3 Å². The molecule has 21 heteroatoms. The fourth-order valence-corrected chi connectivity index (χ4v) is 9.84. The highest BCUT2D eigenvalue weighted by Crippen LogP contribution is 2.46. The number of nitrogens with zero attached hydrogens (tertiary/aromatic N) is 1. The van der Waals surface area contributed by atoms with Crippen molar-refractivity contribution in [1.82, 2.24) is 0 Å². The standard InChI is InChI=1S/C47H52N4O14S3/c1-23(2)21-63-46(52)50-44-27(7)15-25(5)42(29(44)9)48-34-19-36-32(17-39(34)67(57,58)59)41(31-13-11-12-14-38(31)66(54,55)56)33-18-40(68(60,61)62)35(20-37(33)65-36)49-43-26(6)16-28(8)45(30(43)10)51-47(53)64-22-24(3)4/h11-20,23-24,48H,21-22H2,1-10H3,(H,50,52)(H,51,53)(H,54,55,56)(H,57,58,59)(H,60,61,62)/b49-35-. The molecule has 6 rings (SSSR count). The second-order valence-electron chi connectivity index (χ2n) is 17.3. The van der Waals surface area contributed by atoms with Gasteiger partial charge in [-0.05, 0) is 105 Å². The van der Waals surface area contributed by atoms with Crippen molar-refractivity contribution in [2.24, 2.45) is 16.8 Å². The normalized spacial score (nSPS) is 12.5. The van der Waals surface area contributed by atoms with Crippen molar-refractivity contribution in [2.45, 2.75) is 83.9 Å². The molecule has 68 heavy (non-hydrogen) atoms. The fraction of sp³-hybridized carbons (Fsp3) is 0.298. The number of aryl methyl sites for hydroxylation is 4. The Morgan fingerprint density at radius 3 is 1.68 bits per heavy atom. The lowest BCUT2D eigenvalue weighted by Crippen LogP contribution is -2.18. The first-order valence-corrected chi connectivity index (χ1v) is 25.4. The third-order valence-electron chi connectivity index (χ3n) is 10.8. The summed E-state index contributed by atoms with van der Waals surface area (Å²) in [6.07, 6.45) is -1.45. The molecule has 2 aliphatic rings. The molecule has 0 aromatic heterocycles. The predicted molar refractivity (Wildman–Crippen MR) is 257 cm³/mol. The largest absolute Gasteiger partial charge is 0.456 e. The Labute approximate surface area is 394 Å². The zero-order valence-corrected chi connectivity index (χ0v) is 41.3. The van der Waals surface area contributed by atoms with E-state index in [2.05, 4.69) is 20.9 Å². The van der Waals surface area contributed by atoms with E-state index in [1.165, 1.54) is 30.3 Å². The van der Waals surface area contributed by atoms with E-state index >= 15 is 0 Å². The number of hydrogen-bond donors (Lipinski definition) is 6. The fourth-order valence-electron chi connectivity index (χ4n) is 7.85. The zero-order chi connectivity index (χ0) is 50.4. The highest BCUT2D eigenvalue weighted by molar-refractivity contribution is 7.86. The molecule has 362 valence electrons. The van der Waals surface area contributed by atoms with Crippen LogP contribution in [-0.4, -0.2) is 64.3 Å². The quantitative estimate of drug-likeness (QED) is 0.0464. The van der Waals surface area contributed by atoms with Gasteiger partial charge in [0.1, 0.15) is 26.0 Å². The molecular weight excluding hydrogens is 941 g/mol. The van der Waals surface area contributed by atoms with Gasteiger partial charge in [-0.1, -0.05) is 58.0 Å². The summed E-state index contributed by atoms with van der Waals surface area (Å²) >= 11 is 0. The van der Waals surface area contributed by atoms with Crippen molar-refractivity contribution in [1.29, 1.82) is 0 Å². The maximum Gasteiger partial charge on any atom is 0.411 e. The van der Waals surface area contributed by atoms with Gasteiger partial charge >= 0.3 is 12.2 Å². The lowest BCUT2D eigenvalue weighted by molar-refractivity contribution is 0.147. The van der Waals surface area contributed by atoms with Crippen LogP contribution in [-0.2, 0) is 39.8 Å². The summed E-state index contributed by atoms with van der Waals surface area (Å²) in [5, 5.41) is 7.99. The monoisotopic (exact) mass is 992 g/mol. The van der Waals surface area contributed by atoms with Crippen molar-refractivity contribution in [3.63, 3.8) is 0 Å². The summed E-state index contributed by atoms with van der Waals surface area (Å²) in [6.45, 7) is 18.0. The highest BCUT2D eigenvalue weighted by atomic mass is 32.2. The number of benzene rings is 5. The molecule has 1 aliphatic heterocycles. The van der Waals surface area contributed by atoms with Crippen LogP contribution in [0.25, 0.3) is 33.4 Å². The van der Waals surface area contributed by atoms with Gasteiger partial charge in [0.05, 0.1) is 41.3 Å². The molecule has 4 aromatic carbocycles. The second-order valence-corrected chi connectivity index (χ2v) is 21.4. The van der Waals surface area contributed by atoms with Crippen LogP contribution in [0, 0.1) is 53.4 Å². The average molecular weight is 993 g/mol. The Hall–Kier alpha value is -6.36. The SMILES string of the molecule is Cc1cc(C)c(NC(=O)OCC(C)C)c(C)c1/N=c1/cc2oc3cc(Nc4c(C)cc(C)c(NC(=O)OCC(C)C)c4C)c(S(=O)(=O)O)cc3c(-c3ccccc3S(=O)(=O)O)c-2cc1S(=O)(=O)O. The molecule has 0 spiro atoms. The Kier molecular flexibility index (Phi) is 14.5. The molecule has 0 unspecified atom stereocenters. The van der Waals surface area contributed by atoms with E-state index in [0.717, 1.165) is 18.2 Å². The van der Waals surface area contributed by atoms with Gasteiger partial charge in [0.25, 0.3) is 30.4 Å². The van der Waals surface area contributed by atoms with Crippen molar-refractivity contribution >= 4 is 81.9 Å². The van der Waals surface area contributed by atoms with Gasteiger partial charge in [-0.3, -0.25) is 24.3 Å². The number of carbonyl (C=O) groups excluding carboxylic acids is 2. The molecular formula is C47H52N4O14S3. The van der Waals surface area contributed by atoms with E-state index < -0.39 is 57.2 Å². The number of ether oxygens (including phenoxy) is 2. The maximum atomic E-state index is 13.3. The van der Waals surface area contributed by atoms with Crippen molar-refractivity contribution < 1.29 is 62.4 Å². The molecule has 6 N–H and O–H groups in total. The highest BCUT2D eigenvalue weighted by Gasteiger charge is 2.30. The van der Waals surface area contributed by atoms with Crippen LogP contribution in [0.5, 0.6) is 0 Å². The first-order valence-electron chi connectivity index (χ1n) is 21.1. The number of rotatable bonds is 13. The van der Waals surface area contributed by atoms with Crippen LogP contribution < -0.4 is 21.3 Å². The molecule has 0 saturated heterocycles. The summed E-state index contributed by atoms with van der Waals surface area (Å²) in [5.74, 6) is -0.0481. The molecule has 4 aromatic rings. The Morgan fingerprint density at radius 2 is 1.13 bits per heavy atom. The average Bonchev–Trinajstić information content (AvgIpc) is 3.22. The first kappa shape index (κ1) is 51.0. The minimum absolute atomic E-state index is 0.0564. The van der Waals surface area contributed by atoms with Crippen molar-refractivity contribution in [2.75, 3.05) is 29.2 Å². The number of amides is 2. The Bertz CT molecular complexity index is 3420. The number of nitrogens with one attached hydrogen (secondary N) is 3. The van der Waals surface area contributed by atoms with Crippen LogP contribution in [0.3, 0.4) is 0 Å². The van der Waals surface area contributed by atoms with Gasteiger partial charge in [0.15, 0.2) is 0 Å². The summed E-state index contributed by atoms with van der Waals surface area (Å²) < 4.78 is 128. The zero-order valence-electron chi connectivity index (χ0n) is 38.8. The van der Waals surface area contributed by atoms with Gasteiger partial charge < -0.3 is 19.2 Å². The number of carbonyl (C=O) groups is 2. The topological polar surface area (TPSA) is 277 Å². The van der Waals surface area contributed by atoms with E-state index in [4.69, 9.17) is 13.9 Å². The molecule has 0 bridgehead atoms. The molecule has 0 atom stereocenters. The second kappa shape index (κ2) is 19.3. The molecule has 1 heterocycles. The van der Waals surface area contributed by atoms with E-state index in [0.29, 0.717) is 50.4 Å². The Morgan fingerprint density at radius 1 is 0.618 bits per heavy atom. The predicted octanol–water partition coefficient (Wildman–Crippen LogP) is 10.2. The van der Waals surface area contributed by atoms with Gasteiger partial charge in [0, 0.05) is 39.9 Å². The Balaban J connectivity index is 1.70. The lowest BCUT2D eigenvalue weighted by Gasteiger charge is -2.22. The number of anilines is 4.